The maximum absolute atomic E-state index is 13.3. The highest BCUT2D eigenvalue weighted by Gasteiger charge is 2.52. The zero-order valence-corrected chi connectivity index (χ0v) is 17.6. The Bertz CT molecular complexity index is 1140. The van der Waals surface area contributed by atoms with Crippen molar-refractivity contribution in [1.29, 1.82) is 0 Å². The van der Waals surface area contributed by atoms with Crippen LogP contribution in [0.4, 0.5) is 0 Å². The van der Waals surface area contributed by atoms with Crippen LogP contribution in [0.5, 0.6) is 0 Å². The summed E-state index contributed by atoms with van der Waals surface area (Å²) < 4.78 is 40.0. The molecule has 6 nitrogen and oxygen atoms in total. The van der Waals surface area contributed by atoms with Crippen LogP contribution in [-0.4, -0.2) is 35.7 Å². The molecular weight excluding hydrogens is 399 g/mol. The second-order valence-electron chi connectivity index (χ2n) is 7.78. The van der Waals surface area contributed by atoms with Crippen molar-refractivity contribution in [2.45, 2.75) is 43.8 Å². The van der Waals surface area contributed by atoms with Gasteiger partial charge in [-0.15, -0.1) is 0 Å². The summed E-state index contributed by atoms with van der Waals surface area (Å²) in [5.41, 5.74) is -0.210. The summed E-state index contributed by atoms with van der Waals surface area (Å²) in [7, 11) is -4.60. The van der Waals surface area contributed by atoms with Crippen molar-refractivity contribution in [2.75, 3.05) is 0 Å². The number of fused-ring (bicyclic) bond motifs is 1. The quantitative estimate of drug-likeness (QED) is 0.482. The highest BCUT2D eigenvalue weighted by atomic mass is 35.5. The molecule has 0 N–H and O–H groups in total. The summed E-state index contributed by atoms with van der Waals surface area (Å²) in [6.07, 6.45) is 3.06. The van der Waals surface area contributed by atoms with Crippen LogP contribution in [-0.2, 0) is 19.3 Å². The molecule has 146 valence electrons. The Kier molecular flexibility index (Phi) is 4.39. The lowest BCUT2D eigenvalue weighted by Crippen LogP contribution is -2.41. The number of hydrogen-bond acceptors (Lipinski definition) is 5. The van der Waals surface area contributed by atoms with Gasteiger partial charge in [-0.3, -0.25) is 0 Å². The molecular formula is C19H20BClN2O4S. The van der Waals surface area contributed by atoms with E-state index in [1.165, 1.54) is 6.20 Å². The molecule has 28 heavy (non-hydrogen) atoms. The van der Waals surface area contributed by atoms with Gasteiger partial charge >= 0.3 is 7.12 Å². The second kappa shape index (κ2) is 6.32. The highest BCUT2D eigenvalue weighted by Crippen LogP contribution is 2.37. The highest BCUT2D eigenvalue weighted by molar-refractivity contribution is 7.90. The van der Waals surface area contributed by atoms with Gasteiger partial charge in [0.05, 0.1) is 16.1 Å². The first kappa shape index (κ1) is 19.5. The molecule has 4 rings (SSSR count). The largest absolute Gasteiger partial charge is 0.497 e. The van der Waals surface area contributed by atoms with E-state index in [2.05, 4.69) is 4.98 Å². The van der Waals surface area contributed by atoms with Crippen LogP contribution >= 0.6 is 11.6 Å². The molecule has 1 fully saturated rings. The standard InChI is InChI=1S/C19H20BClN2O4S/c1-18(2)19(3,4)27-20(26-18)15-12-23(16-14(15)10-11-22-17(16)21)28(24,25)13-8-6-5-7-9-13/h5-12H,1-4H3. The third-order valence-electron chi connectivity index (χ3n) is 5.47. The van der Waals surface area contributed by atoms with Crippen molar-refractivity contribution in [3.63, 3.8) is 0 Å². The van der Waals surface area contributed by atoms with Crippen LogP contribution in [0.3, 0.4) is 0 Å². The third-order valence-corrected chi connectivity index (χ3v) is 7.42. The van der Waals surface area contributed by atoms with Gasteiger partial charge in [0, 0.05) is 23.2 Å². The summed E-state index contributed by atoms with van der Waals surface area (Å²) in [5, 5.41) is 0.720. The fraction of sp³-hybridized carbons (Fsp3) is 0.316. The number of aromatic nitrogens is 2. The average molecular weight is 419 g/mol. The molecule has 1 aromatic carbocycles. The van der Waals surface area contributed by atoms with Gasteiger partial charge in [-0.1, -0.05) is 29.8 Å². The average Bonchev–Trinajstić information content (AvgIpc) is 3.12. The van der Waals surface area contributed by atoms with Crippen LogP contribution in [0.25, 0.3) is 10.9 Å². The summed E-state index contributed by atoms with van der Waals surface area (Å²) in [6.45, 7) is 7.78. The normalized spacial score (nSPS) is 18.7. The monoisotopic (exact) mass is 418 g/mol. The van der Waals surface area contributed by atoms with Crippen LogP contribution < -0.4 is 5.46 Å². The summed E-state index contributed by atoms with van der Waals surface area (Å²) in [5.74, 6) is 0. The van der Waals surface area contributed by atoms with E-state index >= 15 is 0 Å². The maximum Gasteiger partial charge on any atom is 0.497 e. The van der Waals surface area contributed by atoms with Gasteiger partial charge in [-0.25, -0.2) is 17.4 Å². The lowest BCUT2D eigenvalue weighted by atomic mass is 9.79. The fourth-order valence-corrected chi connectivity index (χ4v) is 4.89. The van der Waals surface area contributed by atoms with Crippen molar-refractivity contribution in [2.24, 2.45) is 0 Å². The predicted molar refractivity (Wildman–Crippen MR) is 109 cm³/mol. The van der Waals surface area contributed by atoms with E-state index in [-0.39, 0.29) is 10.0 Å². The van der Waals surface area contributed by atoms with Crippen LogP contribution in [0.1, 0.15) is 27.7 Å². The molecule has 0 amide bonds. The minimum atomic E-state index is -3.87. The van der Waals surface area contributed by atoms with Crippen molar-refractivity contribution < 1.29 is 17.7 Å². The van der Waals surface area contributed by atoms with E-state index in [4.69, 9.17) is 20.9 Å². The Hall–Kier alpha value is -1.87. The van der Waals surface area contributed by atoms with Gasteiger partial charge in [0.15, 0.2) is 5.15 Å². The molecule has 1 aliphatic heterocycles. The van der Waals surface area contributed by atoms with Crippen molar-refractivity contribution in [3.05, 3.63) is 53.9 Å². The number of pyridine rings is 1. The molecule has 1 aliphatic rings. The van der Waals surface area contributed by atoms with Crippen molar-refractivity contribution >= 4 is 45.1 Å². The number of rotatable bonds is 3. The smallest absolute Gasteiger partial charge is 0.399 e. The molecule has 0 radical (unpaired) electrons. The molecule has 0 spiro atoms. The Morgan fingerprint density at radius 3 is 2.25 bits per heavy atom. The second-order valence-corrected chi connectivity index (χ2v) is 9.96. The van der Waals surface area contributed by atoms with E-state index < -0.39 is 28.3 Å². The summed E-state index contributed by atoms with van der Waals surface area (Å²) in [4.78, 5) is 4.23. The van der Waals surface area contributed by atoms with E-state index in [9.17, 15) is 8.42 Å². The number of benzene rings is 1. The first-order valence-electron chi connectivity index (χ1n) is 8.86. The lowest BCUT2D eigenvalue weighted by Gasteiger charge is -2.32. The summed E-state index contributed by atoms with van der Waals surface area (Å²) in [6, 6.07) is 9.91. The van der Waals surface area contributed by atoms with Crippen molar-refractivity contribution in [1.82, 2.24) is 8.96 Å². The van der Waals surface area contributed by atoms with E-state index in [1.807, 2.05) is 27.7 Å². The zero-order chi connectivity index (χ0) is 20.3. The molecule has 2 aromatic heterocycles. The van der Waals surface area contributed by atoms with Crippen LogP contribution in [0, 0.1) is 0 Å². The number of nitrogens with zero attached hydrogens (tertiary/aromatic N) is 2. The fourth-order valence-electron chi connectivity index (χ4n) is 3.18. The molecule has 3 heterocycles. The Morgan fingerprint density at radius 1 is 1.04 bits per heavy atom. The maximum atomic E-state index is 13.3. The molecule has 0 saturated carbocycles. The number of hydrogen-bond donors (Lipinski definition) is 0. The minimum absolute atomic E-state index is 0.0970. The van der Waals surface area contributed by atoms with Gasteiger partial charge in [0.2, 0.25) is 0 Å². The molecule has 0 unspecified atom stereocenters. The Morgan fingerprint density at radius 2 is 1.64 bits per heavy atom. The van der Waals surface area contributed by atoms with Crippen LogP contribution in [0.2, 0.25) is 5.15 Å². The Labute approximate surface area is 169 Å². The van der Waals surface area contributed by atoms with Crippen molar-refractivity contribution in [3.8, 4) is 0 Å². The first-order valence-corrected chi connectivity index (χ1v) is 10.7. The molecule has 9 heteroatoms. The third kappa shape index (κ3) is 2.87. The molecule has 0 atom stereocenters. The Balaban J connectivity index is 1.94. The van der Waals surface area contributed by atoms with Gasteiger partial charge in [-0.05, 0) is 45.9 Å². The molecule has 3 aromatic rings. The minimum Gasteiger partial charge on any atom is -0.399 e. The molecule has 1 saturated heterocycles. The topological polar surface area (TPSA) is 70.4 Å². The SMILES string of the molecule is CC1(C)OB(c2cn(S(=O)(=O)c3ccccc3)c3c(Cl)nccc23)OC1(C)C. The lowest BCUT2D eigenvalue weighted by molar-refractivity contribution is 0.00578. The van der Waals surface area contributed by atoms with Gasteiger partial charge < -0.3 is 9.31 Å². The van der Waals surface area contributed by atoms with E-state index in [0.29, 0.717) is 16.4 Å². The molecule has 0 aliphatic carbocycles. The van der Waals surface area contributed by atoms with Gasteiger partial charge in [0.1, 0.15) is 5.52 Å². The molecule has 0 bridgehead atoms. The van der Waals surface area contributed by atoms with Crippen LogP contribution in [0.15, 0.2) is 53.7 Å². The van der Waals surface area contributed by atoms with E-state index in [0.717, 1.165) is 3.97 Å². The predicted octanol–water partition coefficient (Wildman–Crippen LogP) is 3.23. The summed E-state index contributed by atoms with van der Waals surface area (Å²) >= 11 is 6.31. The van der Waals surface area contributed by atoms with Gasteiger partial charge in [-0.2, -0.15) is 0 Å². The zero-order valence-electron chi connectivity index (χ0n) is 16.0. The first-order chi connectivity index (χ1) is 13.0. The number of halogens is 1. The van der Waals surface area contributed by atoms with Gasteiger partial charge in [0.25, 0.3) is 10.0 Å². The van der Waals surface area contributed by atoms with E-state index in [1.54, 1.807) is 42.6 Å².